The van der Waals surface area contributed by atoms with E-state index < -0.39 is 45.5 Å². The van der Waals surface area contributed by atoms with Crippen molar-refractivity contribution in [1.82, 2.24) is 4.31 Å². The van der Waals surface area contributed by atoms with Gasteiger partial charge in [0.15, 0.2) is 0 Å². The molecule has 5 nitrogen and oxygen atoms in total. The van der Waals surface area contributed by atoms with Gasteiger partial charge in [0.1, 0.15) is 0 Å². The molecule has 0 bridgehead atoms. The van der Waals surface area contributed by atoms with Crippen molar-refractivity contribution in [2.24, 2.45) is 0 Å². The van der Waals surface area contributed by atoms with E-state index in [1.54, 1.807) is 0 Å². The average molecular weight is 399 g/mol. The first-order valence-electron chi connectivity index (χ1n) is 7.74. The maximum Gasteiger partial charge on any atom is 0.418 e. The highest BCUT2D eigenvalue weighted by atomic mass is 35.5. The first-order valence-corrected chi connectivity index (χ1v) is 9.73. The van der Waals surface area contributed by atoms with Gasteiger partial charge in [0.2, 0.25) is 15.9 Å². The summed E-state index contributed by atoms with van der Waals surface area (Å²) < 4.78 is 64.6. The Morgan fingerprint density at radius 3 is 2.44 bits per heavy atom. The minimum Gasteiger partial charge on any atom is -0.325 e. The van der Waals surface area contributed by atoms with Crippen LogP contribution < -0.4 is 5.32 Å². The molecule has 1 heterocycles. The van der Waals surface area contributed by atoms with Crippen LogP contribution in [-0.2, 0) is 21.0 Å². The molecule has 1 aromatic carbocycles. The summed E-state index contributed by atoms with van der Waals surface area (Å²) in [5.41, 5.74) is -1.52. The number of nitrogens with one attached hydrogen (secondary N) is 1. The molecule has 1 amide bonds. The number of sulfonamides is 1. The number of carbonyl (C=O) groups excluding carboxylic acids is 1. The summed E-state index contributed by atoms with van der Waals surface area (Å²) in [5.74, 6) is -1.23. The highest BCUT2D eigenvalue weighted by Crippen LogP contribution is 2.36. The topological polar surface area (TPSA) is 66.5 Å². The Hall–Kier alpha value is -1.32. The van der Waals surface area contributed by atoms with Gasteiger partial charge in [-0.3, -0.25) is 4.79 Å². The van der Waals surface area contributed by atoms with Crippen LogP contribution in [0.5, 0.6) is 0 Å². The van der Waals surface area contributed by atoms with Crippen molar-refractivity contribution in [2.75, 3.05) is 24.2 Å². The molecule has 1 aliphatic rings. The first kappa shape index (κ1) is 20.0. The molecule has 0 saturated carbocycles. The molecule has 1 N–H and O–H groups in total. The third-order valence-corrected chi connectivity index (χ3v) is 5.96. The van der Waals surface area contributed by atoms with Gasteiger partial charge < -0.3 is 5.32 Å². The number of nitrogens with zero attached hydrogens (tertiary/aromatic N) is 1. The number of hydrogen-bond donors (Lipinski definition) is 1. The molecule has 140 valence electrons. The van der Waals surface area contributed by atoms with Crippen molar-refractivity contribution in [3.8, 4) is 0 Å². The number of anilines is 1. The third kappa shape index (κ3) is 5.58. The van der Waals surface area contributed by atoms with Crippen LogP contribution in [0.3, 0.4) is 0 Å². The van der Waals surface area contributed by atoms with Crippen LogP contribution in [0, 0.1) is 0 Å². The Kier molecular flexibility index (Phi) is 6.34. The van der Waals surface area contributed by atoms with Gasteiger partial charge in [-0.1, -0.05) is 18.0 Å². The van der Waals surface area contributed by atoms with Crippen LogP contribution in [0.15, 0.2) is 18.2 Å². The molecular formula is C15H18ClF3N2O3S. The Bertz CT molecular complexity index is 732. The standard InChI is InChI=1S/C15H18ClF3N2O3S/c16-11-4-5-13(12(10-11)15(17,18)19)20-14(22)6-9-25(23,24)21-7-2-1-3-8-21/h4-5,10H,1-3,6-9H2,(H,20,22). The molecule has 0 spiro atoms. The van der Waals surface area contributed by atoms with Crippen molar-refractivity contribution >= 4 is 33.2 Å². The molecule has 0 aliphatic carbocycles. The van der Waals surface area contributed by atoms with Gasteiger partial charge in [0, 0.05) is 24.5 Å². The first-order chi connectivity index (χ1) is 11.6. The largest absolute Gasteiger partial charge is 0.418 e. The summed E-state index contributed by atoms with van der Waals surface area (Å²) in [7, 11) is -3.59. The van der Waals surface area contributed by atoms with E-state index in [-0.39, 0.29) is 5.02 Å². The van der Waals surface area contributed by atoms with Crippen molar-refractivity contribution in [3.05, 3.63) is 28.8 Å². The van der Waals surface area contributed by atoms with E-state index in [0.29, 0.717) is 19.2 Å². The second kappa shape index (κ2) is 7.92. The van der Waals surface area contributed by atoms with E-state index in [1.807, 2.05) is 0 Å². The maximum absolute atomic E-state index is 13.0. The molecule has 1 aliphatic heterocycles. The highest BCUT2D eigenvalue weighted by molar-refractivity contribution is 7.89. The SMILES string of the molecule is O=C(CCS(=O)(=O)N1CCCCC1)Nc1ccc(Cl)cc1C(F)(F)F. The molecule has 1 saturated heterocycles. The van der Waals surface area contributed by atoms with Crippen LogP contribution in [0.1, 0.15) is 31.2 Å². The van der Waals surface area contributed by atoms with E-state index in [1.165, 1.54) is 10.4 Å². The lowest BCUT2D eigenvalue weighted by atomic mass is 10.1. The van der Waals surface area contributed by atoms with E-state index in [4.69, 9.17) is 11.6 Å². The van der Waals surface area contributed by atoms with Gasteiger partial charge >= 0.3 is 6.18 Å². The minimum absolute atomic E-state index is 0.113. The summed E-state index contributed by atoms with van der Waals surface area (Å²) in [6.07, 6.45) is -2.61. The summed E-state index contributed by atoms with van der Waals surface area (Å²) in [6.45, 7) is 0.832. The average Bonchev–Trinajstić information content (AvgIpc) is 2.55. The molecule has 0 atom stereocenters. The number of benzene rings is 1. The molecule has 1 aromatic rings. The van der Waals surface area contributed by atoms with Crippen molar-refractivity contribution in [3.63, 3.8) is 0 Å². The van der Waals surface area contributed by atoms with Crippen LogP contribution >= 0.6 is 11.6 Å². The fourth-order valence-corrected chi connectivity index (χ4v) is 4.25. The second-order valence-corrected chi connectivity index (χ2v) is 8.29. The van der Waals surface area contributed by atoms with Gasteiger partial charge in [0.25, 0.3) is 0 Å². The highest BCUT2D eigenvalue weighted by Gasteiger charge is 2.34. The summed E-state index contributed by atoms with van der Waals surface area (Å²) in [5, 5.41) is 2.01. The zero-order valence-corrected chi connectivity index (χ0v) is 14.8. The van der Waals surface area contributed by atoms with Crippen LogP contribution in [0.2, 0.25) is 5.02 Å². The van der Waals surface area contributed by atoms with Crippen molar-refractivity contribution in [2.45, 2.75) is 31.9 Å². The predicted octanol–water partition coefficient (Wildman–Crippen LogP) is 3.50. The summed E-state index contributed by atoms with van der Waals surface area (Å²) in [6, 6.07) is 2.97. The fraction of sp³-hybridized carbons (Fsp3) is 0.533. The number of hydrogen-bond acceptors (Lipinski definition) is 3. The Balaban J connectivity index is 2.01. The molecule has 25 heavy (non-hydrogen) atoms. The Morgan fingerprint density at radius 2 is 1.84 bits per heavy atom. The monoisotopic (exact) mass is 398 g/mol. The number of alkyl halides is 3. The fourth-order valence-electron chi connectivity index (χ4n) is 2.57. The molecule has 1 fully saturated rings. The quantitative estimate of drug-likeness (QED) is 0.825. The normalized spacial score (nSPS) is 16.6. The zero-order chi connectivity index (χ0) is 18.7. The van der Waals surface area contributed by atoms with Crippen LogP contribution in [0.25, 0.3) is 0 Å². The van der Waals surface area contributed by atoms with Gasteiger partial charge in [-0.15, -0.1) is 0 Å². The van der Waals surface area contributed by atoms with E-state index >= 15 is 0 Å². The summed E-state index contributed by atoms with van der Waals surface area (Å²) >= 11 is 5.57. The zero-order valence-electron chi connectivity index (χ0n) is 13.3. The van der Waals surface area contributed by atoms with Gasteiger partial charge in [-0.05, 0) is 31.0 Å². The molecule has 0 radical (unpaired) electrons. The number of rotatable bonds is 5. The van der Waals surface area contributed by atoms with Crippen molar-refractivity contribution < 1.29 is 26.4 Å². The molecular weight excluding hydrogens is 381 g/mol. The lowest BCUT2D eigenvalue weighted by Gasteiger charge is -2.25. The number of amides is 1. The number of carbonyl (C=O) groups is 1. The third-order valence-electron chi connectivity index (χ3n) is 3.86. The predicted molar refractivity (Wildman–Crippen MR) is 88.9 cm³/mol. The molecule has 0 unspecified atom stereocenters. The number of halogens is 4. The smallest absolute Gasteiger partial charge is 0.325 e. The van der Waals surface area contributed by atoms with Crippen molar-refractivity contribution in [1.29, 1.82) is 0 Å². The lowest BCUT2D eigenvalue weighted by Crippen LogP contribution is -2.38. The maximum atomic E-state index is 13.0. The van der Waals surface area contributed by atoms with Crippen LogP contribution in [0.4, 0.5) is 18.9 Å². The van der Waals surface area contributed by atoms with E-state index in [2.05, 4.69) is 5.32 Å². The van der Waals surface area contributed by atoms with Crippen LogP contribution in [-0.4, -0.2) is 37.5 Å². The van der Waals surface area contributed by atoms with Gasteiger partial charge in [0.05, 0.1) is 17.0 Å². The summed E-state index contributed by atoms with van der Waals surface area (Å²) in [4.78, 5) is 11.9. The van der Waals surface area contributed by atoms with E-state index in [0.717, 1.165) is 25.3 Å². The Morgan fingerprint density at radius 1 is 1.20 bits per heavy atom. The van der Waals surface area contributed by atoms with Gasteiger partial charge in [-0.2, -0.15) is 13.2 Å². The molecule has 0 aromatic heterocycles. The molecule has 2 rings (SSSR count). The number of piperidine rings is 1. The molecule has 10 heteroatoms. The Labute approximate surface area is 149 Å². The second-order valence-electron chi connectivity index (χ2n) is 5.76. The van der Waals surface area contributed by atoms with Gasteiger partial charge in [-0.25, -0.2) is 12.7 Å². The lowest BCUT2D eigenvalue weighted by molar-refractivity contribution is -0.137. The minimum atomic E-state index is -4.69. The van der Waals surface area contributed by atoms with E-state index in [9.17, 15) is 26.4 Å².